The van der Waals surface area contributed by atoms with Crippen molar-refractivity contribution in [1.29, 1.82) is 5.59 Å². The fourth-order valence-corrected chi connectivity index (χ4v) is 0. The first-order chi connectivity index (χ1) is 1.00. The van der Waals surface area contributed by atoms with Gasteiger partial charge in [-0.25, -0.2) is 0 Å². The maximum atomic E-state index is 7.50. The maximum Gasteiger partial charge on any atom is 0 e. The minimum atomic E-state index is 0. The van der Waals surface area contributed by atoms with Crippen molar-refractivity contribution in [2.75, 3.05) is 0 Å². The zero-order chi connectivity index (χ0) is 2.00. The van der Waals surface area contributed by atoms with E-state index >= 15 is 0 Å². The first-order valence-corrected chi connectivity index (χ1v) is 0.204. The molecule has 2 nitrogen and oxygen atoms in total. The van der Waals surface area contributed by atoms with Crippen molar-refractivity contribution in [1.82, 2.24) is 0 Å². The van der Waals surface area contributed by atoms with Crippen LogP contribution in [0.2, 0.25) is 0 Å². The van der Waals surface area contributed by atoms with Gasteiger partial charge in [-0.2, -0.15) is 4.91 Å². The van der Waals surface area contributed by atoms with E-state index in [0.29, 0.717) is 0 Å². The van der Waals surface area contributed by atoms with Crippen LogP contribution in [0.25, 0.3) is 0 Å². The molecule has 0 aromatic heterocycles. The standard InChI is InChI=1S/CH4.HNO.Ti/c;1-2;/h1H4;1H;. The summed E-state index contributed by atoms with van der Waals surface area (Å²) in [5.41, 5.74) is 4.50. The van der Waals surface area contributed by atoms with Crippen LogP contribution in [0.5, 0.6) is 0 Å². The Kier molecular flexibility index (Phi) is 1230. The van der Waals surface area contributed by atoms with Gasteiger partial charge < -0.3 is 0 Å². The molecule has 0 saturated carbocycles. The molecule has 0 aliphatic carbocycles. The number of nitroso groups, excluding NO2 is 1. The van der Waals surface area contributed by atoms with Crippen LogP contribution in [0.4, 0.5) is 0 Å². The Morgan fingerprint density at radius 2 is 1.25 bits per heavy atom. The monoisotopic (exact) mass is 95.0 g/mol. The summed E-state index contributed by atoms with van der Waals surface area (Å²) in [5, 5.41) is 0. The molecular formula is CH5NOTi. The van der Waals surface area contributed by atoms with Crippen LogP contribution in [0.3, 0.4) is 0 Å². The normalized spacial score (nSPS) is 1.00. The topological polar surface area (TPSA) is 40.9 Å². The SMILES string of the molecule is C.N=O.[Ti]. The molecule has 0 spiro atoms. The predicted octanol–water partition coefficient (Wildman–Crippen LogP) is 0.965. The molecule has 0 aliphatic heterocycles. The van der Waals surface area contributed by atoms with Crippen molar-refractivity contribution < 1.29 is 21.7 Å². The van der Waals surface area contributed by atoms with Crippen molar-refractivity contribution in [2.45, 2.75) is 7.43 Å². The fourth-order valence-electron chi connectivity index (χ4n) is 0. The molecule has 0 saturated heterocycles. The van der Waals surface area contributed by atoms with Gasteiger partial charge in [-0.15, -0.1) is 0 Å². The molecule has 0 bridgehead atoms. The molecule has 0 amide bonds. The van der Waals surface area contributed by atoms with Gasteiger partial charge in [-0.3, -0.25) is 0 Å². The third-order valence-electron chi connectivity index (χ3n) is 0. The summed E-state index contributed by atoms with van der Waals surface area (Å²) in [6, 6.07) is 0. The van der Waals surface area contributed by atoms with E-state index in [1.807, 2.05) is 0 Å². The Morgan fingerprint density at radius 3 is 1.25 bits per heavy atom. The smallest absolute Gasteiger partial charge is 0 e. The third-order valence-corrected chi connectivity index (χ3v) is 0. The molecule has 0 rings (SSSR count). The maximum absolute atomic E-state index is 7.50. The third kappa shape index (κ3) is 40.5. The largest absolute Gasteiger partial charge is 0.154 e. The number of hydrogen-bond donors (Lipinski definition) is 1. The van der Waals surface area contributed by atoms with Crippen LogP contribution < -0.4 is 0 Å². The number of hydrogen-bond acceptors (Lipinski definition) is 2. The first kappa shape index (κ1) is 27.4. The molecule has 3 heteroatoms. The van der Waals surface area contributed by atoms with Gasteiger partial charge in [0.2, 0.25) is 0 Å². The summed E-state index contributed by atoms with van der Waals surface area (Å²) < 4.78 is 0. The molecule has 0 unspecified atom stereocenters. The summed E-state index contributed by atoms with van der Waals surface area (Å²) >= 11 is 0. The van der Waals surface area contributed by atoms with Gasteiger partial charge in [0.15, 0.2) is 0 Å². The van der Waals surface area contributed by atoms with E-state index in [-0.39, 0.29) is 29.1 Å². The second-order valence-corrected chi connectivity index (χ2v) is 0. The van der Waals surface area contributed by atoms with Crippen molar-refractivity contribution in [3.8, 4) is 0 Å². The summed E-state index contributed by atoms with van der Waals surface area (Å²) in [4.78, 5) is 7.50. The van der Waals surface area contributed by atoms with E-state index in [9.17, 15) is 0 Å². The van der Waals surface area contributed by atoms with Crippen LogP contribution in [0, 0.1) is 10.5 Å². The van der Waals surface area contributed by atoms with E-state index in [1.54, 1.807) is 0 Å². The average Bonchev–Trinajstić information content (AvgIpc) is 1.00. The van der Waals surface area contributed by atoms with Crippen LogP contribution in [0.15, 0.2) is 0 Å². The van der Waals surface area contributed by atoms with E-state index in [2.05, 4.69) is 5.59 Å². The summed E-state index contributed by atoms with van der Waals surface area (Å²) in [6.45, 7) is 0. The summed E-state index contributed by atoms with van der Waals surface area (Å²) in [5.74, 6) is 0. The molecule has 0 atom stereocenters. The van der Waals surface area contributed by atoms with E-state index in [0.717, 1.165) is 0 Å². The Bertz CT molecular complexity index is 8.00. The van der Waals surface area contributed by atoms with Crippen LogP contribution >= 0.6 is 0 Å². The van der Waals surface area contributed by atoms with E-state index < -0.39 is 0 Å². The minimum Gasteiger partial charge on any atom is -0.154 e. The van der Waals surface area contributed by atoms with Gasteiger partial charge in [0.25, 0.3) is 0 Å². The zero-order valence-electron chi connectivity index (χ0n) is 1.41. The molecule has 0 aliphatic rings. The second-order valence-electron chi connectivity index (χ2n) is 0. The predicted molar refractivity (Wildman–Crippen MR) is 12.8 cm³/mol. The Hall–Kier alpha value is 0.314. The van der Waals surface area contributed by atoms with E-state index in [1.165, 1.54) is 0 Å². The number of rotatable bonds is 0. The van der Waals surface area contributed by atoms with Gasteiger partial charge in [0, 0.05) is 21.7 Å². The number of nitrogens with one attached hydrogen (secondary N) is 1. The van der Waals surface area contributed by atoms with Crippen LogP contribution in [-0.2, 0) is 21.7 Å². The minimum absolute atomic E-state index is 0. The van der Waals surface area contributed by atoms with Gasteiger partial charge in [0.1, 0.15) is 0 Å². The fraction of sp³-hybridized carbons (Fsp3) is 1.00. The molecule has 0 heterocycles. The molecular weight excluding hydrogens is 89.9 g/mol. The van der Waals surface area contributed by atoms with Crippen molar-refractivity contribution >= 4 is 0 Å². The average molecular weight is 94.9 g/mol. The molecule has 0 radical (unpaired) electrons. The summed E-state index contributed by atoms with van der Waals surface area (Å²) in [6.07, 6.45) is 0. The van der Waals surface area contributed by atoms with Gasteiger partial charge in [-0.1, -0.05) is 13.0 Å². The van der Waals surface area contributed by atoms with Gasteiger partial charge in [0.05, 0.1) is 0 Å². The van der Waals surface area contributed by atoms with Gasteiger partial charge >= 0.3 is 0 Å². The summed E-state index contributed by atoms with van der Waals surface area (Å²) in [7, 11) is 0. The first-order valence-electron chi connectivity index (χ1n) is 0.204. The molecule has 0 aromatic carbocycles. The molecule has 0 aromatic rings. The molecule has 24 valence electrons. The molecule has 1 N–H and O–H groups in total. The van der Waals surface area contributed by atoms with Crippen LogP contribution in [0.1, 0.15) is 7.43 Å². The van der Waals surface area contributed by atoms with Gasteiger partial charge in [-0.05, 0) is 0 Å². The van der Waals surface area contributed by atoms with E-state index in [4.69, 9.17) is 4.91 Å². The van der Waals surface area contributed by atoms with Crippen LogP contribution in [-0.4, -0.2) is 0 Å². The Balaban J connectivity index is -0.00000000500. The molecule has 4 heavy (non-hydrogen) atoms. The van der Waals surface area contributed by atoms with Crippen molar-refractivity contribution in [2.24, 2.45) is 0 Å². The van der Waals surface area contributed by atoms with Crippen molar-refractivity contribution in [3.63, 3.8) is 0 Å². The van der Waals surface area contributed by atoms with Crippen molar-refractivity contribution in [3.05, 3.63) is 4.91 Å². The molecule has 0 fully saturated rings. The Labute approximate surface area is 40.2 Å². The second kappa shape index (κ2) is 180. The Morgan fingerprint density at radius 1 is 1.25 bits per heavy atom. The quantitative estimate of drug-likeness (QED) is 0.353. The zero-order valence-corrected chi connectivity index (χ0v) is 2.97.